The summed E-state index contributed by atoms with van der Waals surface area (Å²) in [5.74, 6) is 1.36. The van der Waals surface area contributed by atoms with Gasteiger partial charge in [0.25, 0.3) is 10.0 Å². The van der Waals surface area contributed by atoms with Gasteiger partial charge < -0.3 is 9.13 Å². The Hall–Kier alpha value is -3.13. The molecular formula is C22H25N5O2S. The van der Waals surface area contributed by atoms with E-state index in [9.17, 15) is 8.42 Å². The van der Waals surface area contributed by atoms with Gasteiger partial charge in [0, 0.05) is 18.9 Å². The molecule has 8 heteroatoms. The third-order valence-corrected chi connectivity index (χ3v) is 6.24. The maximum atomic E-state index is 12.7. The molecule has 0 unspecified atom stereocenters. The van der Waals surface area contributed by atoms with Crippen molar-refractivity contribution in [3.8, 4) is 0 Å². The number of aryl methyl sites for hydroxylation is 1. The molecule has 0 radical (unpaired) electrons. The fraction of sp³-hybridized carbons (Fsp3) is 0.273. The number of aromatic nitrogens is 4. The molecule has 0 fully saturated rings. The lowest BCUT2D eigenvalue weighted by Crippen LogP contribution is -2.13. The van der Waals surface area contributed by atoms with Crippen molar-refractivity contribution in [1.82, 2.24) is 19.1 Å². The fourth-order valence-corrected chi connectivity index (χ4v) is 4.46. The topological polar surface area (TPSA) is 81.8 Å². The average molecular weight is 424 g/mol. The smallest absolute Gasteiger partial charge is 0.261 e. The molecule has 0 aliphatic carbocycles. The third-order valence-electron chi connectivity index (χ3n) is 4.84. The van der Waals surface area contributed by atoms with Crippen molar-refractivity contribution in [2.45, 2.75) is 38.8 Å². The van der Waals surface area contributed by atoms with Gasteiger partial charge in [-0.2, -0.15) is 0 Å². The summed E-state index contributed by atoms with van der Waals surface area (Å²) in [6.07, 6.45) is 5.41. The van der Waals surface area contributed by atoms with Crippen LogP contribution in [0.2, 0.25) is 0 Å². The van der Waals surface area contributed by atoms with Crippen LogP contribution in [0.5, 0.6) is 0 Å². The van der Waals surface area contributed by atoms with E-state index < -0.39 is 10.0 Å². The van der Waals surface area contributed by atoms with Gasteiger partial charge in [-0.15, -0.1) is 0 Å². The van der Waals surface area contributed by atoms with E-state index in [-0.39, 0.29) is 4.90 Å². The van der Waals surface area contributed by atoms with E-state index in [2.05, 4.69) is 28.1 Å². The fourth-order valence-electron chi connectivity index (χ4n) is 3.41. The molecule has 1 N–H and O–H groups in total. The van der Waals surface area contributed by atoms with Crippen LogP contribution in [0, 0.1) is 12.8 Å². The number of fused-ring (bicyclic) bond motifs is 1. The van der Waals surface area contributed by atoms with Gasteiger partial charge in [0.05, 0.1) is 34.5 Å². The van der Waals surface area contributed by atoms with Crippen LogP contribution >= 0.6 is 0 Å². The van der Waals surface area contributed by atoms with Crippen molar-refractivity contribution in [1.29, 1.82) is 0 Å². The lowest BCUT2D eigenvalue weighted by atomic mass is 10.2. The Morgan fingerprint density at radius 2 is 1.87 bits per heavy atom. The Kier molecular flexibility index (Phi) is 5.34. The lowest BCUT2D eigenvalue weighted by molar-refractivity contribution is 0.510. The lowest BCUT2D eigenvalue weighted by Gasteiger charge is -2.12. The summed E-state index contributed by atoms with van der Waals surface area (Å²) in [6.45, 7) is 7.68. The van der Waals surface area contributed by atoms with Crippen molar-refractivity contribution in [3.63, 3.8) is 0 Å². The predicted octanol–water partition coefficient (Wildman–Crippen LogP) is 4.05. The Bertz CT molecular complexity index is 1260. The van der Waals surface area contributed by atoms with Gasteiger partial charge >= 0.3 is 0 Å². The molecule has 0 aliphatic heterocycles. The monoisotopic (exact) mass is 423 g/mol. The molecule has 4 aromatic rings. The first-order chi connectivity index (χ1) is 14.3. The minimum Gasteiger partial charge on any atom is -0.330 e. The van der Waals surface area contributed by atoms with Crippen molar-refractivity contribution in [2.75, 3.05) is 4.72 Å². The van der Waals surface area contributed by atoms with Crippen LogP contribution < -0.4 is 4.72 Å². The molecule has 2 aromatic carbocycles. The Morgan fingerprint density at radius 1 is 1.10 bits per heavy atom. The van der Waals surface area contributed by atoms with Crippen LogP contribution in [0.1, 0.15) is 25.2 Å². The van der Waals surface area contributed by atoms with Crippen LogP contribution in [-0.2, 0) is 23.1 Å². The summed E-state index contributed by atoms with van der Waals surface area (Å²) in [7, 11) is -3.66. The maximum absolute atomic E-state index is 12.7. The molecule has 7 nitrogen and oxygen atoms in total. The van der Waals surface area contributed by atoms with Crippen molar-refractivity contribution in [3.05, 3.63) is 72.6 Å². The van der Waals surface area contributed by atoms with E-state index >= 15 is 0 Å². The van der Waals surface area contributed by atoms with Gasteiger partial charge in [0.15, 0.2) is 0 Å². The van der Waals surface area contributed by atoms with E-state index in [0.717, 1.165) is 29.0 Å². The zero-order valence-corrected chi connectivity index (χ0v) is 18.1. The van der Waals surface area contributed by atoms with E-state index in [1.165, 1.54) is 0 Å². The van der Waals surface area contributed by atoms with Crippen LogP contribution in [0.25, 0.3) is 11.0 Å². The van der Waals surface area contributed by atoms with Gasteiger partial charge in [-0.05, 0) is 43.2 Å². The number of hydrogen-bond acceptors (Lipinski definition) is 4. The molecule has 0 spiro atoms. The number of benzene rings is 2. The molecule has 0 saturated heterocycles. The highest BCUT2D eigenvalue weighted by Gasteiger charge is 2.17. The molecule has 156 valence electrons. The highest BCUT2D eigenvalue weighted by molar-refractivity contribution is 7.92. The first-order valence-corrected chi connectivity index (χ1v) is 11.3. The van der Waals surface area contributed by atoms with Crippen LogP contribution in [0.4, 0.5) is 5.69 Å². The highest BCUT2D eigenvalue weighted by Crippen LogP contribution is 2.24. The Balaban J connectivity index is 1.69. The second kappa shape index (κ2) is 7.95. The molecule has 0 bridgehead atoms. The first kappa shape index (κ1) is 20.2. The average Bonchev–Trinajstić information content (AvgIpc) is 3.30. The number of hydrogen-bond donors (Lipinski definition) is 1. The van der Waals surface area contributed by atoms with Gasteiger partial charge in [0.1, 0.15) is 5.82 Å². The predicted molar refractivity (Wildman–Crippen MR) is 118 cm³/mol. The van der Waals surface area contributed by atoms with Gasteiger partial charge in [-0.1, -0.05) is 31.5 Å². The Labute approximate surface area is 176 Å². The van der Waals surface area contributed by atoms with Crippen LogP contribution in [0.15, 0.2) is 66.1 Å². The number of nitrogens with one attached hydrogen (secondary N) is 1. The number of nitrogens with zero attached hydrogens (tertiary/aromatic N) is 4. The summed E-state index contributed by atoms with van der Waals surface area (Å²) in [5.41, 5.74) is 3.25. The highest BCUT2D eigenvalue weighted by atomic mass is 32.2. The molecule has 0 atom stereocenters. The number of sulfonamides is 1. The molecule has 4 rings (SSSR count). The second-order valence-electron chi connectivity index (χ2n) is 7.89. The van der Waals surface area contributed by atoms with Crippen LogP contribution in [0.3, 0.4) is 0 Å². The quantitative estimate of drug-likeness (QED) is 0.486. The van der Waals surface area contributed by atoms with E-state index in [1.807, 2.05) is 23.8 Å². The minimum atomic E-state index is -3.66. The van der Waals surface area contributed by atoms with Crippen molar-refractivity contribution in [2.24, 2.45) is 5.92 Å². The molecule has 0 saturated carbocycles. The summed E-state index contributed by atoms with van der Waals surface area (Å²) < 4.78 is 32.3. The number of imidazole rings is 2. The molecule has 30 heavy (non-hydrogen) atoms. The van der Waals surface area contributed by atoms with Gasteiger partial charge in [0.2, 0.25) is 0 Å². The van der Waals surface area contributed by atoms with Gasteiger partial charge in [-0.3, -0.25) is 4.72 Å². The summed E-state index contributed by atoms with van der Waals surface area (Å²) >= 11 is 0. The SMILES string of the molecule is Cc1ccc(S(=O)(=O)Nc2ccc3c(c2)nc(Cn2ccnc2)n3CC(C)C)cc1. The zero-order valence-electron chi connectivity index (χ0n) is 17.3. The zero-order chi connectivity index (χ0) is 21.3. The minimum absolute atomic E-state index is 0.235. The molecule has 2 aromatic heterocycles. The van der Waals surface area contributed by atoms with E-state index in [0.29, 0.717) is 18.2 Å². The first-order valence-electron chi connectivity index (χ1n) is 9.86. The third kappa shape index (κ3) is 4.23. The maximum Gasteiger partial charge on any atom is 0.261 e. The molecule has 2 heterocycles. The number of rotatable bonds is 7. The summed E-state index contributed by atoms with van der Waals surface area (Å²) in [6, 6.07) is 12.3. The summed E-state index contributed by atoms with van der Waals surface area (Å²) in [5, 5.41) is 0. The standard InChI is InChI=1S/C22H25N5O2S/c1-16(2)13-27-21-9-6-18(25-30(28,29)19-7-4-17(3)5-8-19)12-20(21)24-22(27)14-26-11-10-23-15-26/h4-12,15-16,25H,13-14H2,1-3H3. The molecule has 0 amide bonds. The Morgan fingerprint density at radius 3 is 2.53 bits per heavy atom. The van der Waals surface area contributed by atoms with E-state index in [4.69, 9.17) is 4.98 Å². The molecule has 0 aliphatic rings. The number of anilines is 1. The van der Waals surface area contributed by atoms with Gasteiger partial charge in [-0.25, -0.2) is 18.4 Å². The van der Waals surface area contributed by atoms with E-state index in [1.54, 1.807) is 48.9 Å². The molecular weight excluding hydrogens is 398 g/mol. The normalized spacial score (nSPS) is 12.0. The van der Waals surface area contributed by atoms with Crippen molar-refractivity contribution >= 4 is 26.7 Å². The van der Waals surface area contributed by atoms with Crippen molar-refractivity contribution < 1.29 is 8.42 Å². The largest absolute Gasteiger partial charge is 0.330 e. The second-order valence-corrected chi connectivity index (χ2v) is 9.57. The van der Waals surface area contributed by atoms with Crippen LogP contribution in [-0.4, -0.2) is 27.5 Å². The summed E-state index contributed by atoms with van der Waals surface area (Å²) in [4.78, 5) is 9.13.